The SMILES string of the molecule is CCOC(=O)C1(CC2CC3CCC2C3)CCCCC1=O. The minimum absolute atomic E-state index is 0.157. The van der Waals surface area contributed by atoms with Crippen LogP contribution in [-0.4, -0.2) is 18.4 Å². The van der Waals surface area contributed by atoms with Crippen LogP contribution in [0, 0.1) is 23.2 Å². The molecule has 3 aliphatic carbocycles. The van der Waals surface area contributed by atoms with Crippen LogP contribution >= 0.6 is 0 Å². The molecule has 0 aromatic heterocycles. The van der Waals surface area contributed by atoms with Gasteiger partial charge in [0, 0.05) is 6.42 Å². The van der Waals surface area contributed by atoms with E-state index in [0.29, 0.717) is 18.9 Å². The topological polar surface area (TPSA) is 43.4 Å². The molecule has 0 aromatic rings. The number of fused-ring (bicyclic) bond motifs is 2. The molecule has 0 heterocycles. The van der Waals surface area contributed by atoms with Crippen molar-refractivity contribution in [1.82, 2.24) is 0 Å². The highest BCUT2D eigenvalue weighted by molar-refractivity contribution is 6.04. The molecule has 3 heteroatoms. The summed E-state index contributed by atoms with van der Waals surface area (Å²) in [4.78, 5) is 25.0. The Morgan fingerprint density at radius 1 is 1.30 bits per heavy atom. The number of carbonyl (C=O) groups excluding carboxylic acids is 2. The van der Waals surface area contributed by atoms with Crippen molar-refractivity contribution in [3.05, 3.63) is 0 Å². The molecule has 4 atom stereocenters. The maximum atomic E-state index is 12.5. The first-order valence-electron chi connectivity index (χ1n) is 8.36. The summed E-state index contributed by atoms with van der Waals surface area (Å²) in [6.45, 7) is 2.21. The second-order valence-corrected chi connectivity index (χ2v) is 7.07. The lowest BCUT2D eigenvalue weighted by molar-refractivity contribution is -0.164. The fraction of sp³-hybridized carbons (Fsp3) is 0.882. The minimum Gasteiger partial charge on any atom is -0.465 e. The largest absolute Gasteiger partial charge is 0.465 e. The van der Waals surface area contributed by atoms with Gasteiger partial charge in [0.1, 0.15) is 11.2 Å². The van der Waals surface area contributed by atoms with Gasteiger partial charge < -0.3 is 4.74 Å². The number of carbonyl (C=O) groups is 2. The van der Waals surface area contributed by atoms with E-state index in [4.69, 9.17) is 4.74 Å². The summed E-state index contributed by atoms with van der Waals surface area (Å²) in [7, 11) is 0. The predicted octanol–water partition coefficient (Wildman–Crippen LogP) is 3.51. The van der Waals surface area contributed by atoms with Gasteiger partial charge in [0.05, 0.1) is 6.61 Å². The number of esters is 1. The van der Waals surface area contributed by atoms with E-state index in [2.05, 4.69) is 0 Å². The van der Waals surface area contributed by atoms with Crippen LogP contribution in [0.25, 0.3) is 0 Å². The number of Topliss-reactive ketones (excluding diaryl/α,β-unsaturated/α-hetero) is 1. The first-order valence-corrected chi connectivity index (χ1v) is 8.36. The summed E-state index contributed by atoms with van der Waals surface area (Å²) in [6, 6.07) is 0. The minimum atomic E-state index is -0.788. The fourth-order valence-corrected chi connectivity index (χ4v) is 4.95. The molecule has 3 rings (SSSR count). The summed E-state index contributed by atoms with van der Waals surface area (Å²) in [5.41, 5.74) is -0.788. The summed E-state index contributed by atoms with van der Waals surface area (Å²) >= 11 is 0. The first-order chi connectivity index (χ1) is 9.65. The highest BCUT2D eigenvalue weighted by Gasteiger charge is 2.52. The quantitative estimate of drug-likeness (QED) is 0.584. The van der Waals surface area contributed by atoms with Crippen LogP contribution in [0.15, 0.2) is 0 Å². The third-order valence-electron chi connectivity index (χ3n) is 5.95. The number of ketones is 1. The molecule has 0 aliphatic heterocycles. The van der Waals surface area contributed by atoms with E-state index in [9.17, 15) is 9.59 Å². The van der Waals surface area contributed by atoms with E-state index in [1.807, 2.05) is 6.92 Å². The van der Waals surface area contributed by atoms with Gasteiger partial charge in [0.2, 0.25) is 0 Å². The Labute approximate surface area is 121 Å². The van der Waals surface area contributed by atoms with E-state index in [-0.39, 0.29) is 11.8 Å². The van der Waals surface area contributed by atoms with Crippen molar-refractivity contribution >= 4 is 11.8 Å². The molecule has 20 heavy (non-hydrogen) atoms. The number of ether oxygens (including phenoxy) is 1. The second-order valence-electron chi connectivity index (χ2n) is 7.07. The number of hydrogen-bond donors (Lipinski definition) is 0. The van der Waals surface area contributed by atoms with Gasteiger partial charge in [-0.05, 0) is 63.2 Å². The van der Waals surface area contributed by atoms with E-state index < -0.39 is 5.41 Å². The Bertz CT molecular complexity index is 403. The molecule has 3 nitrogen and oxygen atoms in total. The van der Waals surface area contributed by atoms with Crippen molar-refractivity contribution in [1.29, 1.82) is 0 Å². The van der Waals surface area contributed by atoms with Crippen molar-refractivity contribution in [2.45, 2.75) is 64.7 Å². The van der Waals surface area contributed by atoms with Crippen LogP contribution in [0.2, 0.25) is 0 Å². The fourth-order valence-electron chi connectivity index (χ4n) is 4.95. The molecule has 0 saturated heterocycles. The Kier molecular flexibility index (Phi) is 3.87. The summed E-state index contributed by atoms with van der Waals surface area (Å²) < 4.78 is 5.29. The van der Waals surface area contributed by atoms with Gasteiger partial charge in [-0.2, -0.15) is 0 Å². The van der Waals surface area contributed by atoms with Gasteiger partial charge in [-0.25, -0.2) is 0 Å². The molecule has 112 valence electrons. The Hall–Kier alpha value is -0.860. The molecule has 2 bridgehead atoms. The maximum Gasteiger partial charge on any atom is 0.319 e. The van der Waals surface area contributed by atoms with Gasteiger partial charge in [0.25, 0.3) is 0 Å². The van der Waals surface area contributed by atoms with Crippen LogP contribution in [-0.2, 0) is 14.3 Å². The zero-order valence-corrected chi connectivity index (χ0v) is 12.5. The van der Waals surface area contributed by atoms with Crippen molar-refractivity contribution in [2.24, 2.45) is 23.2 Å². The Balaban J connectivity index is 1.78. The third kappa shape index (κ3) is 2.29. The molecular formula is C17H26O3. The van der Waals surface area contributed by atoms with E-state index in [0.717, 1.165) is 37.5 Å². The average molecular weight is 278 g/mol. The van der Waals surface area contributed by atoms with Gasteiger partial charge >= 0.3 is 5.97 Å². The summed E-state index contributed by atoms with van der Waals surface area (Å²) in [5.74, 6) is 2.14. The van der Waals surface area contributed by atoms with Crippen LogP contribution in [0.5, 0.6) is 0 Å². The summed E-state index contributed by atoms with van der Waals surface area (Å²) in [5, 5.41) is 0. The highest BCUT2D eigenvalue weighted by atomic mass is 16.5. The second kappa shape index (κ2) is 5.50. The summed E-state index contributed by atoms with van der Waals surface area (Å²) in [6.07, 6.45) is 9.23. The van der Waals surface area contributed by atoms with Gasteiger partial charge in [-0.15, -0.1) is 0 Å². The molecule has 0 spiro atoms. The zero-order valence-electron chi connectivity index (χ0n) is 12.5. The van der Waals surface area contributed by atoms with Crippen LogP contribution in [0.4, 0.5) is 0 Å². The molecule has 4 unspecified atom stereocenters. The molecule has 0 N–H and O–H groups in total. The van der Waals surface area contributed by atoms with Gasteiger partial charge in [-0.3, -0.25) is 9.59 Å². The molecule has 0 radical (unpaired) electrons. The molecule has 3 aliphatic rings. The number of rotatable bonds is 4. The molecular weight excluding hydrogens is 252 g/mol. The van der Waals surface area contributed by atoms with Gasteiger partial charge in [0.15, 0.2) is 0 Å². The highest BCUT2D eigenvalue weighted by Crippen LogP contribution is 2.53. The van der Waals surface area contributed by atoms with Crippen LogP contribution in [0.1, 0.15) is 64.7 Å². The van der Waals surface area contributed by atoms with E-state index >= 15 is 0 Å². The molecule has 0 amide bonds. The van der Waals surface area contributed by atoms with E-state index in [1.165, 1.54) is 25.7 Å². The maximum absolute atomic E-state index is 12.5. The zero-order chi connectivity index (χ0) is 14.2. The van der Waals surface area contributed by atoms with Crippen LogP contribution < -0.4 is 0 Å². The van der Waals surface area contributed by atoms with Crippen molar-refractivity contribution < 1.29 is 14.3 Å². The van der Waals surface area contributed by atoms with E-state index in [1.54, 1.807) is 0 Å². The normalized spacial score (nSPS) is 40.0. The Morgan fingerprint density at radius 3 is 2.75 bits per heavy atom. The van der Waals surface area contributed by atoms with Gasteiger partial charge in [-0.1, -0.05) is 12.8 Å². The lowest BCUT2D eigenvalue weighted by Gasteiger charge is -2.37. The first kappa shape index (κ1) is 14.1. The van der Waals surface area contributed by atoms with Crippen molar-refractivity contribution in [3.63, 3.8) is 0 Å². The smallest absolute Gasteiger partial charge is 0.319 e. The van der Waals surface area contributed by atoms with Crippen molar-refractivity contribution in [3.8, 4) is 0 Å². The molecule has 3 saturated carbocycles. The monoisotopic (exact) mass is 278 g/mol. The van der Waals surface area contributed by atoms with Crippen molar-refractivity contribution in [2.75, 3.05) is 6.61 Å². The third-order valence-corrected chi connectivity index (χ3v) is 5.95. The van der Waals surface area contributed by atoms with Crippen LogP contribution in [0.3, 0.4) is 0 Å². The molecule has 0 aromatic carbocycles. The predicted molar refractivity (Wildman–Crippen MR) is 76.1 cm³/mol. The Morgan fingerprint density at radius 2 is 2.15 bits per heavy atom. The molecule has 3 fully saturated rings. The lowest BCUT2D eigenvalue weighted by Crippen LogP contribution is -2.45. The lowest BCUT2D eigenvalue weighted by atomic mass is 9.66. The standard InChI is InChI=1S/C17H26O3/c1-2-20-16(19)17(8-4-3-5-15(17)18)11-14-10-12-6-7-13(14)9-12/h12-14H,2-11H2,1H3. The number of hydrogen-bond acceptors (Lipinski definition) is 3. The average Bonchev–Trinajstić information content (AvgIpc) is 3.04.